The van der Waals surface area contributed by atoms with Crippen LogP contribution in [0.1, 0.15) is 10.4 Å². The van der Waals surface area contributed by atoms with Gasteiger partial charge in [-0.2, -0.15) is 0 Å². The first-order valence-corrected chi connectivity index (χ1v) is 10.9. The Labute approximate surface area is 185 Å². The zero-order chi connectivity index (χ0) is 21.2. The Morgan fingerprint density at radius 2 is 1.94 bits per heavy atom. The van der Waals surface area contributed by atoms with Crippen molar-refractivity contribution in [1.29, 1.82) is 0 Å². The Bertz CT molecular complexity index is 1390. The lowest BCUT2D eigenvalue weighted by Crippen LogP contribution is -2.02. The second-order valence-electron chi connectivity index (χ2n) is 6.46. The van der Waals surface area contributed by atoms with E-state index in [1.807, 2.05) is 48.5 Å². The van der Waals surface area contributed by atoms with Gasteiger partial charge in [-0.3, -0.25) is 0 Å². The van der Waals surface area contributed by atoms with Gasteiger partial charge in [-0.05, 0) is 42.5 Å². The minimum atomic E-state index is -0.362. The third-order valence-electron chi connectivity index (χ3n) is 4.52. The van der Waals surface area contributed by atoms with Crippen molar-refractivity contribution in [3.8, 4) is 0 Å². The molecule has 0 fully saturated rings. The van der Waals surface area contributed by atoms with E-state index in [-0.39, 0.29) is 5.97 Å². The number of rotatable bonds is 5. The second kappa shape index (κ2) is 8.29. The number of benzene rings is 2. The molecule has 152 valence electrons. The monoisotopic (exact) mass is 445 g/mol. The van der Waals surface area contributed by atoms with Crippen molar-refractivity contribution in [2.45, 2.75) is 9.79 Å². The summed E-state index contributed by atoms with van der Waals surface area (Å²) in [4.78, 5) is 32.4. The van der Waals surface area contributed by atoms with E-state index in [0.717, 1.165) is 31.0 Å². The zero-order valence-electron chi connectivity index (χ0n) is 16.3. The zero-order valence-corrected chi connectivity index (χ0v) is 17.9. The average molecular weight is 446 g/mol. The summed E-state index contributed by atoms with van der Waals surface area (Å²) in [7, 11) is 1.38. The Hall–Kier alpha value is -3.56. The van der Waals surface area contributed by atoms with Gasteiger partial charge in [0.25, 0.3) is 0 Å². The Kier molecular flexibility index (Phi) is 5.19. The lowest BCUT2D eigenvalue weighted by Gasteiger charge is -2.09. The molecule has 9 heteroatoms. The van der Waals surface area contributed by atoms with Crippen molar-refractivity contribution in [3.63, 3.8) is 0 Å². The number of fused-ring (bicyclic) bond motifs is 2. The Morgan fingerprint density at radius 1 is 1.03 bits per heavy atom. The number of hydrogen-bond donors (Lipinski definition) is 1. The number of ether oxygens (including phenoxy) is 1. The quantitative estimate of drug-likeness (QED) is 0.364. The molecule has 0 atom stereocenters. The molecule has 1 N–H and O–H groups in total. The number of pyridine rings is 1. The van der Waals surface area contributed by atoms with Crippen molar-refractivity contribution in [2.24, 2.45) is 0 Å². The highest BCUT2D eigenvalue weighted by atomic mass is 32.2. The van der Waals surface area contributed by atoms with E-state index < -0.39 is 0 Å². The molecule has 0 unspecified atom stereocenters. The largest absolute Gasteiger partial charge is 0.465 e. The van der Waals surface area contributed by atoms with Crippen LogP contribution in [-0.4, -0.2) is 33.0 Å². The normalized spacial score (nSPS) is 11.0. The molecule has 5 aromatic rings. The molecule has 0 radical (unpaired) electrons. The van der Waals surface area contributed by atoms with Crippen LogP contribution in [0.5, 0.6) is 0 Å². The van der Waals surface area contributed by atoms with Crippen LogP contribution >= 0.6 is 23.1 Å². The van der Waals surface area contributed by atoms with Crippen molar-refractivity contribution in [3.05, 3.63) is 72.7 Å². The van der Waals surface area contributed by atoms with Crippen LogP contribution in [0.25, 0.3) is 21.3 Å². The maximum atomic E-state index is 12.1. The molecule has 0 aliphatic rings. The van der Waals surface area contributed by atoms with E-state index in [9.17, 15) is 4.79 Å². The number of carbonyl (C=O) groups is 1. The van der Waals surface area contributed by atoms with E-state index in [0.29, 0.717) is 16.5 Å². The number of aromatic nitrogens is 4. The third kappa shape index (κ3) is 3.92. The van der Waals surface area contributed by atoms with Crippen LogP contribution in [0.4, 0.5) is 10.9 Å². The predicted molar refractivity (Wildman–Crippen MR) is 122 cm³/mol. The molecule has 7 nitrogen and oxygen atoms in total. The van der Waals surface area contributed by atoms with Gasteiger partial charge in [0.05, 0.1) is 18.2 Å². The lowest BCUT2D eigenvalue weighted by atomic mass is 10.2. The van der Waals surface area contributed by atoms with Crippen molar-refractivity contribution in [2.75, 3.05) is 12.4 Å². The van der Waals surface area contributed by atoms with Gasteiger partial charge in [-0.15, -0.1) is 0 Å². The van der Waals surface area contributed by atoms with Crippen LogP contribution in [0.3, 0.4) is 0 Å². The average Bonchev–Trinajstić information content (AvgIpc) is 3.22. The Morgan fingerprint density at radius 3 is 2.81 bits per heavy atom. The summed E-state index contributed by atoms with van der Waals surface area (Å²) in [6.45, 7) is 0. The fraction of sp³-hybridized carbons (Fsp3) is 0.0455. The molecule has 3 heterocycles. The maximum Gasteiger partial charge on any atom is 0.339 e. The van der Waals surface area contributed by atoms with Gasteiger partial charge in [0, 0.05) is 21.4 Å². The molecular formula is C22H15N5O2S2. The topological polar surface area (TPSA) is 89.9 Å². The highest BCUT2D eigenvalue weighted by Crippen LogP contribution is 2.35. The number of hydrogen-bond acceptors (Lipinski definition) is 9. The minimum absolute atomic E-state index is 0.362. The van der Waals surface area contributed by atoms with Gasteiger partial charge in [0.1, 0.15) is 22.5 Å². The summed E-state index contributed by atoms with van der Waals surface area (Å²) >= 11 is 2.95. The number of esters is 1. The predicted octanol–water partition coefficient (Wildman–Crippen LogP) is 5.32. The Balaban J connectivity index is 1.50. The first kappa shape index (κ1) is 19.4. The van der Waals surface area contributed by atoms with E-state index in [1.54, 1.807) is 12.3 Å². The molecule has 0 aliphatic heterocycles. The third-order valence-corrected chi connectivity index (χ3v) is 6.48. The highest BCUT2D eigenvalue weighted by molar-refractivity contribution is 7.99. The van der Waals surface area contributed by atoms with E-state index in [2.05, 4.69) is 25.3 Å². The first-order chi connectivity index (χ1) is 15.2. The van der Waals surface area contributed by atoms with E-state index >= 15 is 0 Å². The van der Waals surface area contributed by atoms with Gasteiger partial charge >= 0.3 is 5.97 Å². The number of nitrogens with one attached hydrogen (secondary N) is 1. The molecular weight excluding hydrogens is 430 g/mol. The SMILES string of the molecule is COC(=O)c1ccccc1Sc1ccc2ncnc(Nc3nc4cccnc4s3)c2c1. The highest BCUT2D eigenvalue weighted by Gasteiger charge is 2.14. The van der Waals surface area contributed by atoms with Gasteiger partial charge in [-0.25, -0.2) is 24.7 Å². The lowest BCUT2D eigenvalue weighted by molar-refractivity contribution is 0.0597. The number of carbonyl (C=O) groups excluding carboxylic acids is 1. The molecule has 0 amide bonds. The summed E-state index contributed by atoms with van der Waals surface area (Å²) in [6.07, 6.45) is 3.27. The molecule has 31 heavy (non-hydrogen) atoms. The molecule has 0 saturated heterocycles. The number of thiazole rings is 1. The van der Waals surface area contributed by atoms with Crippen molar-refractivity contribution < 1.29 is 9.53 Å². The fourth-order valence-corrected chi connectivity index (χ4v) is 4.87. The standard InChI is InChI=1S/C22H15N5O2S2/c1-29-21(28)14-5-2-3-7-18(14)30-13-8-9-16-15(11-13)19(25-12-24-16)27-22-26-17-6-4-10-23-20(17)31-22/h2-12H,1H3,(H,24,25,26,27). The molecule has 5 rings (SSSR count). The van der Waals surface area contributed by atoms with Crippen LogP contribution in [0.15, 0.2) is 76.9 Å². The molecule has 0 aliphatic carbocycles. The van der Waals surface area contributed by atoms with Gasteiger partial charge < -0.3 is 10.1 Å². The summed E-state index contributed by atoms with van der Waals surface area (Å²) in [5.74, 6) is 0.298. The fourth-order valence-electron chi connectivity index (χ4n) is 3.08. The first-order valence-electron chi connectivity index (χ1n) is 9.30. The molecule has 0 spiro atoms. The summed E-state index contributed by atoms with van der Waals surface area (Å²) in [5, 5.41) is 4.87. The van der Waals surface area contributed by atoms with Crippen LogP contribution < -0.4 is 5.32 Å². The van der Waals surface area contributed by atoms with Crippen LogP contribution in [0, 0.1) is 0 Å². The molecule has 2 aromatic carbocycles. The number of methoxy groups -OCH3 is 1. The molecule has 0 bridgehead atoms. The van der Waals surface area contributed by atoms with Crippen LogP contribution in [0.2, 0.25) is 0 Å². The summed E-state index contributed by atoms with van der Waals surface area (Å²) in [6, 6.07) is 17.1. The van der Waals surface area contributed by atoms with Crippen LogP contribution in [-0.2, 0) is 4.74 Å². The summed E-state index contributed by atoms with van der Waals surface area (Å²) < 4.78 is 4.90. The minimum Gasteiger partial charge on any atom is -0.465 e. The van der Waals surface area contributed by atoms with E-state index in [4.69, 9.17) is 4.74 Å². The maximum absolute atomic E-state index is 12.1. The second-order valence-corrected chi connectivity index (χ2v) is 8.56. The van der Waals surface area contributed by atoms with E-state index in [1.165, 1.54) is 36.5 Å². The number of anilines is 2. The number of nitrogens with zero attached hydrogens (tertiary/aromatic N) is 4. The molecule has 0 saturated carbocycles. The smallest absolute Gasteiger partial charge is 0.339 e. The van der Waals surface area contributed by atoms with Gasteiger partial charge in [0.15, 0.2) is 5.13 Å². The van der Waals surface area contributed by atoms with Crippen molar-refractivity contribution in [1.82, 2.24) is 19.9 Å². The summed E-state index contributed by atoms with van der Waals surface area (Å²) in [5.41, 5.74) is 2.17. The van der Waals surface area contributed by atoms with Crippen molar-refractivity contribution >= 4 is 61.3 Å². The van der Waals surface area contributed by atoms with Gasteiger partial charge in [0.2, 0.25) is 0 Å². The van der Waals surface area contributed by atoms with Gasteiger partial charge in [-0.1, -0.05) is 35.2 Å². The molecule has 3 aromatic heterocycles.